The third kappa shape index (κ3) is 4.13. The lowest BCUT2D eigenvalue weighted by molar-refractivity contribution is -0.134. The number of morpholine rings is 1. The van der Waals surface area contributed by atoms with Crippen LogP contribution in [0.25, 0.3) is 0 Å². The van der Waals surface area contributed by atoms with Crippen molar-refractivity contribution >= 4 is 5.91 Å². The predicted octanol–water partition coefficient (Wildman–Crippen LogP) is 0.724. The molecular weight excluding hydrogens is 228 g/mol. The summed E-state index contributed by atoms with van der Waals surface area (Å²) in [6.07, 6.45) is 1.62. The highest BCUT2D eigenvalue weighted by Crippen LogP contribution is 2.02. The number of carbonyl (C=O) groups excluding carboxylic acids is 1. The SMILES string of the molecule is O=C(NCCCc1ccccc1)[C@@H]1CNCCO1. The average molecular weight is 248 g/mol. The van der Waals surface area contributed by atoms with Gasteiger partial charge in [0.25, 0.3) is 0 Å². The number of rotatable bonds is 5. The topological polar surface area (TPSA) is 50.4 Å². The summed E-state index contributed by atoms with van der Waals surface area (Å²) in [5.41, 5.74) is 1.31. The van der Waals surface area contributed by atoms with Crippen LogP contribution >= 0.6 is 0 Å². The molecule has 2 N–H and O–H groups in total. The molecule has 1 aliphatic rings. The number of carbonyl (C=O) groups is 1. The zero-order chi connectivity index (χ0) is 12.6. The molecule has 1 aliphatic heterocycles. The molecule has 0 spiro atoms. The first-order valence-electron chi connectivity index (χ1n) is 6.50. The van der Waals surface area contributed by atoms with Crippen LogP contribution in [-0.2, 0) is 16.0 Å². The van der Waals surface area contributed by atoms with Gasteiger partial charge >= 0.3 is 0 Å². The molecule has 0 saturated carbocycles. The smallest absolute Gasteiger partial charge is 0.250 e. The molecule has 0 unspecified atom stereocenters. The van der Waals surface area contributed by atoms with Crippen molar-refractivity contribution in [3.8, 4) is 0 Å². The van der Waals surface area contributed by atoms with Gasteiger partial charge in [-0.05, 0) is 18.4 Å². The van der Waals surface area contributed by atoms with Gasteiger partial charge in [-0.15, -0.1) is 0 Å². The summed E-state index contributed by atoms with van der Waals surface area (Å²) in [4.78, 5) is 11.7. The van der Waals surface area contributed by atoms with Crippen molar-refractivity contribution in [1.82, 2.24) is 10.6 Å². The standard InChI is InChI=1S/C14H20N2O2/c17-14(13-11-15-9-10-18-13)16-8-4-7-12-5-2-1-3-6-12/h1-3,5-6,13,15H,4,7-11H2,(H,16,17)/t13-/m0/s1. The predicted molar refractivity (Wildman–Crippen MR) is 70.4 cm³/mol. The zero-order valence-corrected chi connectivity index (χ0v) is 10.5. The van der Waals surface area contributed by atoms with E-state index >= 15 is 0 Å². The average Bonchev–Trinajstić information content (AvgIpc) is 2.45. The number of hydrogen-bond donors (Lipinski definition) is 2. The Hall–Kier alpha value is -1.39. The van der Waals surface area contributed by atoms with Gasteiger partial charge in [0.05, 0.1) is 6.61 Å². The molecule has 0 radical (unpaired) electrons. The molecule has 98 valence electrons. The number of aryl methyl sites for hydroxylation is 1. The summed E-state index contributed by atoms with van der Waals surface area (Å²) in [5, 5.41) is 6.06. The van der Waals surface area contributed by atoms with Crippen LogP contribution in [-0.4, -0.2) is 38.3 Å². The van der Waals surface area contributed by atoms with Gasteiger partial charge in [0.2, 0.25) is 5.91 Å². The van der Waals surface area contributed by atoms with Gasteiger partial charge in [0, 0.05) is 19.6 Å². The Kier molecular flexibility index (Phi) is 5.17. The Balaban J connectivity index is 1.61. The fourth-order valence-electron chi connectivity index (χ4n) is 2.00. The van der Waals surface area contributed by atoms with E-state index in [1.54, 1.807) is 0 Å². The molecule has 1 aromatic rings. The lowest BCUT2D eigenvalue weighted by atomic mass is 10.1. The van der Waals surface area contributed by atoms with Crippen molar-refractivity contribution in [3.05, 3.63) is 35.9 Å². The number of nitrogens with one attached hydrogen (secondary N) is 2. The first-order chi connectivity index (χ1) is 8.86. The Morgan fingerprint density at radius 2 is 2.22 bits per heavy atom. The lowest BCUT2D eigenvalue weighted by Crippen LogP contribution is -2.48. The molecule has 2 rings (SSSR count). The lowest BCUT2D eigenvalue weighted by Gasteiger charge is -2.22. The third-order valence-electron chi connectivity index (χ3n) is 3.00. The van der Waals surface area contributed by atoms with E-state index in [0.29, 0.717) is 19.7 Å². The highest BCUT2D eigenvalue weighted by atomic mass is 16.5. The first kappa shape index (κ1) is 13.1. The van der Waals surface area contributed by atoms with Crippen LogP contribution in [0.3, 0.4) is 0 Å². The Labute approximate surface area is 108 Å². The summed E-state index contributed by atoms with van der Waals surface area (Å²) >= 11 is 0. The van der Waals surface area contributed by atoms with Crippen molar-refractivity contribution in [3.63, 3.8) is 0 Å². The molecule has 0 aliphatic carbocycles. The van der Waals surface area contributed by atoms with E-state index in [1.807, 2.05) is 18.2 Å². The van der Waals surface area contributed by atoms with Gasteiger partial charge in [0.15, 0.2) is 0 Å². The Morgan fingerprint density at radius 3 is 2.94 bits per heavy atom. The van der Waals surface area contributed by atoms with Crippen molar-refractivity contribution in [1.29, 1.82) is 0 Å². The number of ether oxygens (including phenoxy) is 1. The number of amides is 1. The minimum atomic E-state index is -0.324. The Bertz CT molecular complexity index is 361. The fourth-order valence-corrected chi connectivity index (χ4v) is 2.00. The summed E-state index contributed by atoms with van der Waals surface area (Å²) in [6, 6.07) is 10.3. The minimum Gasteiger partial charge on any atom is -0.366 e. The Morgan fingerprint density at radius 1 is 1.39 bits per heavy atom. The van der Waals surface area contributed by atoms with Gasteiger partial charge < -0.3 is 15.4 Å². The minimum absolute atomic E-state index is 0.00439. The van der Waals surface area contributed by atoms with E-state index in [1.165, 1.54) is 5.56 Å². The fraction of sp³-hybridized carbons (Fsp3) is 0.500. The molecule has 1 atom stereocenters. The largest absolute Gasteiger partial charge is 0.366 e. The second-order valence-corrected chi connectivity index (χ2v) is 4.44. The van der Waals surface area contributed by atoms with Crippen LogP contribution < -0.4 is 10.6 Å². The van der Waals surface area contributed by atoms with Crippen LogP contribution in [0.1, 0.15) is 12.0 Å². The van der Waals surface area contributed by atoms with Gasteiger partial charge in [-0.2, -0.15) is 0 Å². The van der Waals surface area contributed by atoms with E-state index in [2.05, 4.69) is 22.8 Å². The van der Waals surface area contributed by atoms with Crippen LogP contribution in [0.5, 0.6) is 0 Å². The van der Waals surface area contributed by atoms with Crippen LogP contribution in [0, 0.1) is 0 Å². The highest BCUT2D eigenvalue weighted by Gasteiger charge is 2.20. The number of benzene rings is 1. The molecule has 0 bridgehead atoms. The molecule has 4 heteroatoms. The molecule has 0 aromatic heterocycles. The summed E-state index contributed by atoms with van der Waals surface area (Å²) in [5.74, 6) is -0.00439. The van der Waals surface area contributed by atoms with Gasteiger partial charge in [-0.25, -0.2) is 0 Å². The molecule has 1 aromatic carbocycles. The molecule has 18 heavy (non-hydrogen) atoms. The van der Waals surface area contributed by atoms with Crippen molar-refractivity contribution < 1.29 is 9.53 Å². The molecule has 1 amide bonds. The second kappa shape index (κ2) is 7.13. The molecular formula is C14H20N2O2. The van der Waals surface area contributed by atoms with Crippen LogP contribution in [0.15, 0.2) is 30.3 Å². The maximum atomic E-state index is 11.7. The number of hydrogen-bond acceptors (Lipinski definition) is 3. The monoisotopic (exact) mass is 248 g/mol. The second-order valence-electron chi connectivity index (χ2n) is 4.44. The molecule has 4 nitrogen and oxygen atoms in total. The van der Waals surface area contributed by atoms with E-state index in [4.69, 9.17) is 4.74 Å². The first-order valence-corrected chi connectivity index (χ1v) is 6.50. The molecule has 1 saturated heterocycles. The maximum Gasteiger partial charge on any atom is 0.250 e. The third-order valence-corrected chi connectivity index (χ3v) is 3.00. The summed E-state index contributed by atoms with van der Waals surface area (Å²) in [7, 11) is 0. The van der Waals surface area contributed by atoms with Gasteiger partial charge in [-0.3, -0.25) is 4.79 Å². The summed E-state index contributed by atoms with van der Waals surface area (Å²) < 4.78 is 5.38. The van der Waals surface area contributed by atoms with E-state index in [-0.39, 0.29) is 12.0 Å². The van der Waals surface area contributed by atoms with Crippen molar-refractivity contribution in [2.45, 2.75) is 18.9 Å². The zero-order valence-electron chi connectivity index (χ0n) is 10.5. The van der Waals surface area contributed by atoms with E-state index in [0.717, 1.165) is 19.4 Å². The van der Waals surface area contributed by atoms with Crippen LogP contribution in [0.4, 0.5) is 0 Å². The van der Waals surface area contributed by atoms with Gasteiger partial charge in [0.1, 0.15) is 6.10 Å². The normalized spacial score (nSPS) is 19.4. The maximum absolute atomic E-state index is 11.7. The quantitative estimate of drug-likeness (QED) is 0.755. The van der Waals surface area contributed by atoms with E-state index in [9.17, 15) is 4.79 Å². The highest BCUT2D eigenvalue weighted by molar-refractivity contribution is 5.81. The van der Waals surface area contributed by atoms with Crippen molar-refractivity contribution in [2.75, 3.05) is 26.2 Å². The van der Waals surface area contributed by atoms with E-state index < -0.39 is 0 Å². The molecule has 1 fully saturated rings. The summed E-state index contributed by atoms with van der Waals surface area (Å²) in [6.45, 7) is 2.76. The van der Waals surface area contributed by atoms with Crippen LogP contribution in [0.2, 0.25) is 0 Å². The van der Waals surface area contributed by atoms with Gasteiger partial charge in [-0.1, -0.05) is 30.3 Å². The molecule has 1 heterocycles. The van der Waals surface area contributed by atoms with Crippen molar-refractivity contribution in [2.24, 2.45) is 0 Å².